The van der Waals surface area contributed by atoms with Gasteiger partial charge in [-0.1, -0.05) is 13.8 Å². The smallest absolute Gasteiger partial charge is 0.259 e. The van der Waals surface area contributed by atoms with Crippen molar-refractivity contribution in [2.24, 2.45) is 5.73 Å². The number of carbonyl (C=O) groups excluding carboxylic acids is 1. The Morgan fingerprint density at radius 3 is 2.52 bits per heavy atom. The Morgan fingerprint density at radius 1 is 1.29 bits per heavy atom. The first kappa shape index (κ1) is 16.6. The lowest BCUT2D eigenvalue weighted by Gasteiger charge is -2.11. The summed E-state index contributed by atoms with van der Waals surface area (Å²) in [5, 5.41) is 8.91. The highest BCUT2D eigenvalue weighted by Crippen LogP contribution is 2.27. The van der Waals surface area contributed by atoms with E-state index in [-0.39, 0.29) is 5.57 Å². The van der Waals surface area contributed by atoms with Gasteiger partial charge in [-0.15, -0.1) is 0 Å². The van der Waals surface area contributed by atoms with Crippen LogP contribution in [0, 0.1) is 11.3 Å². The summed E-state index contributed by atoms with van der Waals surface area (Å²) >= 11 is 0. The Kier molecular flexibility index (Phi) is 6.82. The van der Waals surface area contributed by atoms with Gasteiger partial charge in [0, 0.05) is 11.6 Å². The lowest BCUT2D eigenvalue weighted by Crippen LogP contribution is -2.12. The number of ether oxygens (including phenoxy) is 2. The van der Waals surface area contributed by atoms with Crippen molar-refractivity contribution in [1.82, 2.24) is 0 Å². The van der Waals surface area contributed by atoms with Gasteiger partial charge in [-0.2, -0.15) is 5.26 Å². The molecule has 2 N–H and O–H groups in total. The molecule has 0 aliphatic carbocycles. The van der Waals surface area contributed by atoms with Crippen molar-refractivity contribution >= 4 is 12.0 Å². The van der Waals surface area contributed by atoms with Crippen molar-refractivity contribution in [3.05, 3.63) is 29.3 Å². The summed E-state index contributed by atoms with van der Waals surface area (Å²) in [4.78, 5) is 11.1. The van der Waals surface area contributed by atoms with Crippen LogP contribution in [0.25, 0.3) is 6.08 Å². The minimum atomic E-state index is -0.759. The number of amides is 1. The Morgan fingerprint density at radius 2 is 1.95 bits per heavy atom. The molecular weight excluding hydrogens is 268 g/mol. The van der Waals surface area contributed by atoms with Crippen molar-refractivity contribution < 1.29 is 14.3 Å². The topological polar surface area (TPSA) is 85.3 Å². The highest BCUT2D eigenvalue weighted by molar-refractivity contribution is 6.00. The average Bonchev–Trinajstić information content (AvgIpc) is 2.49. The maximum Gasteiger partial charge on any atom is 0.259 e. The molecule has 0 unspecified atom stereocenters. The van der Waals surface area contributed by atoms with Crippen LogP contribution < -0.4 is 15.2 Å². The lowest BCUT2D eigenvalue weighted by molar-refractivity contribution is -0.114. The maximum absolute atomic E-state index is 11.1. The van der Waals surface area contributed by atoms with Gasteiger partial charge in [0.05, 0.1) is 13.2 Å². The van der Waals surface area contributed by atoms with Crippen LogP contribution in [0.3, 0.4) is 0 Å². The number of hydrogen-bond donors (Lipinski definition) is 1. The molecule has 0 bridgehead atoms. The largest absolute Gasteiger partial charge is 0.493 e. The molecule has 0 aliphatic heterocycles. The highest BCUT2D eigenvalue weighted by atomic mass is 16.5. The first-order chi connectivity index (χ1) is 10.1. The molecule has 1 amide bonds. The van der Waals surface area contributed by atoms with E-state index in [0.717, 1.165) is 12.8 Å². The molecule has 0 heterocycles. The zero-order valence-corrected chi connectivity index (χ0v) is 12.4. The molecule has 5 nitrogen and oxygen atoms in total. The van der Waals surface area contributed by atoms with E-state index in [4.69, 9.17) is 20.5 Å². The fraction of sp³-hybridized carbons (Fsp3) is 0.375. The predicted molar refractivity (Wildman–Crippen MR) is 80.8 cm³/mol. The van der Waals surface area contributed by atoms with Crippen LogP contribution in [0.2, 0.25) is 0 Å². The Labute approximate surface area is 125 Å². The van der Waals surface area contributed by atoms with E-state index in [1.54, 1.807) is 24.3 Å². The second-order valence-electron chi connectivity index (χ2n) is 4.43. The summed E-state index contributed by atoms with van der Waals surface area (Å²) in [5.41, 5.74) is 5.66. The molecule has 21 heavy (non-hydrogen) atoms. The van der Waals surface area contributed by atoms with Gasteiger partial charge in [0.2, 0.25) is 0 Å². The number of nitrogens with zero attached hydrogens (tertiary/aromatic N) is 1. The maximum atomic E-state index is 11.1. The molecule has 0 atom stereocenters. The molecular formula is C16H20N2O3. The normalized spacial score (nSPS) is 10.8. The van der Waals surface area contributed by atoms with Crippen molar-refractivity contribution in [2.45, 2.75) is 26.7 Å². The minimum Gasteiger partial charge on any atom is -0.493 e. The van der Waals surface area contributed by atoms with Crippen molar-refractivity contribution in [2.75, 3.05) is 13.2 Å². The molecule has 0 aromatic heterocycles. The molecule has 0 spiro atoms. The highest BCUT2D eigenvalue weighted by Gasteiger charge is 2.09. The number of carbonyl (C=O) groups is 1. The summed E-state index contributed by atoms with van der Waals surface area (Å²) in [6.45, 7) is 5.18. The fourth-order valence-corrected chi connectivity index (χ4v) is 1.59. The van der Waals surface area contributed by atoms with Gasteiger partial charge in [-0.05, 0) is 31.1 Å². The van der Waals surface area contributed by atoms with E-state index < -0.39 is 5.91 Å². The summed E-state index contributed by atoms with van der Waals surface area (Å²) in [6, 6.07) is 7.06. The van der Waals surface area contributed by atoms with E-state index >= 15 is 0 Å². The van der Waals surface area contributed by atoms with Crippen LogP contribution in [-0.2, 0) is 4.79 Å². The fourth-order valence-electron chi connectivity index (χ4n) is 1.59. The van der Waals surface area contributed by atoms with Crippen LogP contribution >= 0.6 is 0 Å². The molecule has 1 aromatic carbocycles. The van der Waals surface area contributed by atoms with Crippen molar-refractivity contribution in [3.8, 4) is 17.6 Å². The van der Waals surface area contributed by atoms with E-state index in [0.29, 0.717) is 30.3 Å². The van der Waals surface area contributed by atoms with Crippen LogP contribution in [0.15, 0.2) is 23.8 Å². The number of primary amides is 1. The Hall–Kier alpha value is -2.48. The molecule has 1 rings (SSSR count). The number of nitrogens with two attached hydrogens (primary N) is 1. The summed E-state index contributed by atoms with van der Waals surface area (Å²) in [5.74, 6) is 0.502. The van der Waals surface area contributed by atoms with Gasteiger partial charge >= 0.3 is 0 Å². The number of nitriles is 1. The van der Waals surface area contributed by atoms with E-state index in [9.17, 15) is 4.79 Å². The second kappa shape index (κ2) is 8.64. The summed E-state index contributed by atoms with van der Waals surface area (Å²) in [6.07, 6.45) is 3.19. The Bertz CT molecular complexity index is 559. The predicted octanol–water partition coefficient (Wildman–Crippen LogP) is 2.66. The minimum absolute atomic E-state index is 0.112. The average molecular weight is 288 g/mol. The zero-order valence-electron chi connectivity index (χ0n) is 12.4. The quantitative estimate of drug-likeness (QED) is 0.588. The summed E-state index contributed by atoms with van der Waals surface area (Å²) in [7, 11) is 0. The van der Waals surface area contributed by atoms with E-state index in [2.05, 4.69) is 0 Å². The molecule has 0 saturated heterocycles. The Balaban J connectivity index is 3.12. The number of rotatable bonds is 8. The molecule has 112 valence electrons. The standard InChI is InChI=1S/C16H20N2O3/c1-3-7-20-14-6-5-12(9-13(11-17)16(18)19)15(10-14)21-8-4-2/h5-6,9-10H,3-4,7-8H2,1-2H3,(H2,18,19)/b13-9+. The molecule has 5 heteroatoms. The van der Waals surface area contributed by atoms with Gasteiger partial charge in [0.1, 0.15) is 23.1 Å². The third kappa shape index (κ3) is 5.19. The van der Waals surface area contributed by atoms with Gasteiger partial charge in [0.15, 0.2) is 0 Å². The first-order valence-corrected chi connectivity index (χ1v) is 6.93. The van der Waals surface area contributed by atoms with E-state index in [1.165, 1.54) is 6.08 Å². The monoisotopic (exact) mass is 288 g/mol. The van der Waals surface area contributed by atoms with Gasteiger partial charge in [-0.3, -0.25) is 4.79 Å². The second-order valence-corrected chi connectivity index (χ2v) is 4.43. The first-order valence-electron chi connectivity index (χ1n) is 6.93. The van der Waals surface area contributed by atoms with Crippen LogP contribution in [-0.4, -0.2) is 19.1 Å². The molecule has 0 fully saturated rings. The number of hydrogen-bond acceptors (Lipinski definition) is 4. The van der Waals surface area contributed by atoms with Gasteiger partial charge in [0.25, 0.3) is 5.91 Å². The molecule has 0 radical (unpaired) electrons. The SMILES string of the molecule is CCCOc1ccc(/C=C(\C#N)C(N)=O)c(OCCC)c1. The third-order valence-electron chi connectivity index (χ3n) is 2.61. The van der Waals surface area contributed by atoms with Crippen molar-refractivity contribution in [3.63, 3.8) is 0 Å². The molecule has 0 saturated carbocycles. The van der Waals surface area contributed by atoms with Crippen molar-refractivity contribution in [1.29, 1.82) is 5.26 Å². The van der Waals surface area contributed by atoms with E-state index in [1.807, 2.05) is 13.8 Å². The van der Waals surface area contributed by atoms with Gasteiger partial charge in [-0.25, -0.2) is 0 Å². The van der Waals surface area contributed by atoms with Crippen LogP contribution in [0.1, 0.15) is 32.3 Å². The lowest BCUT2D eigenvalue weighted by atomic mass is 10.1. The zero-order chi connectivity index (χ0) is 15.7. The van der Waals surface area contributed by atoms with Gasteiger partial charge < -0.3 is 15.2 Å². The third-order valence-corrected chi connectivity index (χ3v) is 2.61. The van der Waals surface area contributed by atoms with Crippen LogP contribution in [0.4, 0.5) is 0 Å². The summed E-state index contributed by atoms with van der Waals surface area (Å²) < 4.78 is 11.2. The number of benzene rings is 1. The molecule has 0 aliphatic rings. The molecule has 1 aromatic rings. The van der Waals surface area contributed by atoms with Crippen LogP contribution in [0.5, 0.6) is 11.5 Å².